The Morgan fingerprint density at radius 3 is 2.79 bits per heavy atom. The Bertz CT molecular complexity index is 1230. The molecule has 9 heteroatoms. The van der Waals surface area contributed by atoms with Crippen LogP contribution in [0, 0.1) is 5.82 Å². The zero-order valence-electron chi connectivity index (χ0n) is 18.2. The fraction of sp³-hybridized carbons (Fsp3) is 0.360. The Kier molecular flexibility index (Phi) is 6.27. The molecule has 1 amide bonds. The lowest BCUT2D eigenvalue weighted by molar-refractivity contribution is -0.130. The first-order valence-corrected chi connectivity index (χ1v) is 11.9. The number of hydrogen-bond donors (Lipinski definition) is 2. The Labute approximate surface area is 206 Å². The van der Waals surface area contributed by atoms with E-state index in [0.29, 0.717) is 46.5 Å². The average Bonchev–Trinajstić information content (AvgIpc) is 3.28. The summed E-state index contributed by atoms with van der Waals surface area (Å²) in [6, 6.07) is 9.48. The maximum absolute atomic E-state index is 13.8. The summed E-state index contributed by atoms with van der Waals surface area (Å²) < 4.78 is 25.6. The zero-order valence-corrected chi connectivity index (χ0v) is 19.7. The average molecular weight is 505 g/mol. The Balaban J connectivity index is 1.22. The van der Waals surface area contributed by atoms with E-state index in [1.165, 1.54) is 12.1 Å². The van der Waals surface area contributed by atoms with Crippen LogP contribution in [0.5, 0.6) is 5.75 Å². The maximum atomic E-state index is 13.8. The number of rotatable bonds is 6. The number of aliphatic hydroxyl groups is 1. The van der Waals surface area contributed by atoms with Crippen molar-refractivity contribution >= 4 is 29.1 Å². The SMILES string of the molecule is O=C(NCCC1(c2ncc(-c3ccc(Cl)c(F)c3)o2)CCC1)[C@@H]1C[C@@H](O)c2cc(Cl)ccc2O1. The Morgan fingerprint density at radius 1 is 1.24 bits per heavy atom. The third-order valence-corrected chi connectivity index (χ3v) is 7.25. The van der Waals surface area contributed by atoms with Crippen LogP contribution in [0.15, 0.2) is 47.0 Å². The van der Waals surface area contributed by atoms with E-state index in [9.17, 15) is 14.3 Å². The maximum Gasteiger partial charge on any atom is 0.261 e. The summed E-state index contributed by atoms with van der Waals surface area (Å²) in [6.07, 6.45) is 3.62. The van der Waals surface area contributed by atoms with Gasteiger partial charge in [0.05, 0.1) is 17.3 Å². The van der Waals surface area contributed by atoms with Gasteiger partial charge in [-0.1, -0.05) is 29.6 Å². The van der Waals surface area contributed by atoms with Gasteiger partial charge < -0.3 is 19.6 Å². The minimum absolute atomic E-state index is 0.0523. The summed E-state index contributed by atoms with van der Waals surface area (Å²) in [5.41, 5.74) is 0.885. The summed E-state index contributed by atoms with van der Waals surface area (Å²) >= 11 is 11.8. The largest absolute Gasteiger partial charge is 0.480 e. The van der Waals surface area contributed by atoms with E-state index in [2.05, 4.69) is 10.3 Å². The smallest absolute Gasteiger partial charge is 0.261 e. The van der Waals surface area contributed by atoms with E-state index in [1.807, 2.05) is 0 Å². The third kappa shape index (κ3) is 4.40. The fourth-order valence-corrected chi connectivity index (χ4v) is 4.89. The van der Waals surface area contributed by atoms with Gasteiger partial charge in [0.1, 0.15) is 11.6 Å². The molecule has 2 atom stereocenters. The summed E-state index contributed by atoms with van der Waals surface area (Å²) in [5, 5.41) is 13.9. The molecule has 178 valence electrons. The predicted octanol–water partition coefficient (Wildman–Crippen LogP) is 5.60. The molecule has 1 saturated carbocycles. The van der Waals surface area contributed by atoms with Gasteiger partial charge in [-0.05, 0) is 55.7 Å². The van der Waals surface area contributed by atoms with E-state index in [-0.39, 0.29) is 22.8 Å². The van der Waals surface area contributed by atoms with E-state index in [0.717, 1.165) is 19.3 Å². The van der Waals surface area contributed by atoms with Gasteiger partial charge in [-0.3, -0.25) is 4.79 Å². The molecule has 0 saturated heterocycles. The number of carbonyl (C=O) groups is 1. The number of aliphatic hydroxyl groups excluding tert-OH is 1. The van der Waals surface area contributed by atoms with Crippen molar-refractivity contribution in [3.63, 3.8) is 0 Å². The predicted molar refractivity (Wildman–Crippen MR) is 126 cm³/mol. The highest BCUT2D eigenvalue weighted by molar-refractivity contribution is 6.31. The van der Waals surface area contributed by atoms with Crippen molar-refractivity contribution in [1.82, 2.24) is 10.3 Å². The molecule has 6 nitrogen and oxygen atoms in total. The summed E-state index contributed by atoms with van der Waals surface area (Å²) in [4.78, 5) is 17.2. The van der Waals surface area contributed by atoms with Gasteiger partial charge in [-0.15, -0.1) is 0 Å². The number of aromatic nitrogens is 1. The number of ether oxygens (including phenoxy) is 1. The van der Waals surface area contributed by atoms with Crippen LogP contribution in [0.4, 0.5) is 4.39 Å². The first-order chi connectivity index (χ1) is 16.3. The highest BCUT2D eigenvalue weighted by Gasteiger charge is 2.43. The van der Waals surface area contributed by atoms with Gasteiger partial charge >= 0.3 is 0 Å². The van der Waals surface area contributed by atoms with Crippen LogP contribution in [-0.4, -0.2) is 28.6 Å². The van der Waals surface area contributed by atoms with Crippen LogP contribution in [0.2, 0.25) is 10.0 Å². The van der Waals surface area contributed by atoms with Gasteiger partial charge in [-0.2, -0.15) is 0 Å². The van der Waals surface area contributed by atoms with Crippen molar-refractivity contribution in [3.8, 4) is 17.1 Å². The molecule has 2 heterocycles. The van der Waals surface area contributed by atoms with Gasteiger partial charge in [0, 0.05) is 34.5 Å². The van der Waals surface area contributed by atoms with E-state index >= 15 is 0 Å². The van der Waals surface area contributed by atoms with Crippen LogP contribution in [0.25, 0.3) is 11.3 Å². The van der Waals surface area contributed by atoms with Gasteiger partial charge in [0.25, 0.3) is 5.91 Å². The Hall–Kier alpha value is -2.61. The molecule has 5 rings (SSSR count). The highest BCUT2D eigenvalue weighted by atomic mass is 35.5. The number of amides is 1. The first-order valence-electron chi connectivity index (χ1n) is 11.2. The van der Waals surface area contributed by atoms with Crippen LogP contribution in [-0.2, 0) is 10.2 Å². The normalized spacial score (nSPS) is 20.7. The molecule has 2 aliphatic rings. The van der Waals surface area contributed by atoms with Crippen molar-refractivity contribution in [2.75, 3.05) is 6.54 Å². The van der Waals surface area contributed by atoms with E-state index in [4.69, 9.17) is 32.4 Å². The molecule has 3 aromatic rings. The van der Waals surface area contributed by atoms with Crippen molar-refractivity contribution in [2.24, 2.45) is 0 Å². The second kappa shape index (κ2) is 9.21. The number of carbonyl (C=O) groups excluding carboxylic acids is 1. The minimum Gasteiger partial charge on any atom is -0.480 e. The molecule has 0 bridgehead atoms. The van der Waals surface area contributed by atoms with E-state index in [1.54, 1.807) is 30.5 Å². The van der Waals surface area contributed by atoms with Crippen LogP contribution in [0.1, 0.15) is 49.7 Å². The lowest BCUT2D eigenvalue weighted by Gasteiger charge is -2.39. The summed E-state index contributed by atoms with van der Waals surface area (Å²) in [6.45, 7) is 0.412. The summed E-state index contributed by atoms with van der Waals surface area (Å²) in [7, 11) is 0. The molecule has 1 aromatic heterocycles. The molecule has 0 unspecified atom stereocenters. The number of oxazole rings is 1. The van der Waals surface area contributed by atoms with Crippen molar-refractivity contribution in [3.05, 3.63) is 69.9 Å². The van der Waals surface area contributed by atoms with Crippen LogP contribution in [0.3, 0.4) is 0 Å². The fourth-order valence-electron chi connectivity index (χ4n) is 4.59. The molecule has 2 N–H and O–H groups in total. The van der Waals surface area contributed by atoms with Crippen molar-refractivity contribution in [1.29, 1.82) is 0 Å². The second-order valence-corrected chi connectivity index (χ2v) is 9.72. The van der Waals surface area contributed by atoms with E-state index < -0.39 is 18.0 Å². The topological polar surface area (TPSA) is 84.6 Å². The number of hydrogen-bond acceptors (Lipinski definition) is 5. The Morgan fingerprint density at radius 2 is 2.06 bits per heavy atom. The van der Waals surface area contributed by atoms with Crippen LogP contribution >= 0.6 is 23.2 Å². The molecular formula is C25H23Cl2FN2O4. The minimum atomic E-state index is -0.820. The van der Waals surface area contributed by atoms with Gasteiger partial charge in [0.2, 0.25) is 5.89 Å². The highest BCUT2D eigenvalue weighted by Crippen LogP contribution is 2.46. The molecule has 1 aliphatic heterocycles. The lowest BCUT2D eigenvalue weighted by Crippen LogP contribution is -2.44. The molecule has 1 aliphatic carbocycles. The van der Waals surface area contributed by atoms with Crippen LogP contribution < -0.4 is 10.1 Å². The third-order valence-electron chi connectivity index (χ3n) is 6.71. The molecule has 0 radical (unpaired) electrons. The number of halogens is 3. The monoisotopic (exact) mass is 504 g/mol. The number of nitrogens with zero attached hydrogens (tertiary/aromatic N) is 1. The van der Waals surface area contributed by atoms with Crippen molar-refractivity contribution in [2.45, 2.75) is 49.7 Å². The molecule has 2 aromatic carbocycles. The second-order valence-electron chi connectivity index (χ2n) is 8.87. The number of benzene rings is 2. The number of nitrogens with one attached hydrogen (secondary N) is 1. The zero-order chi connectivity index (χ0) is 23.9. The molecular weight excluding hydrogens is 482 g/mol. The molecule has 1 fully saturated rings. The van der Waals surface area contributed by atoms with Gasteiger partial charge in [0.15, 0.2) is 11.9 Å². The first kappa shape index (κ1) is 23.1. The van der Waals surface area contributed by atoms with Gasteiger partial charge in [-0.25, -0.2) is 9.37 Å². The summed E-state index contributed by atoms with van der Waals surface area (Å²) in [5.74, 6) is 0.736. The van der Waals surface area contributed by atoms with Crippen molar-refractivity contribution < 1.29 is 23.4 Å². The number of fused-ring (bicyclic) bond motifs is 1. The standard InChI is InChI=1S/C25H23Cl2FN2O4/c26-15-3-5-20-16(11-15)19(31)12-21(33-20)23(32)29-9-8-25(6-1-7-25)24-30-13-22(34-24)14-2-4-17(27)18(28)10-14/h2-5,10-11,13,19,21,31H,1,6-9,12H2,(H,29,32)/t19-,21+/m1/s1. The quantitative estimate of drug-likeness (QED) is 0.456. The molecule has 34 heavy (non-hydrogen) atoms. The molecule has 0 spiro atoms. The lowest BCUT2D eigenvalue weighted by atomic mass is 9.66.